The van der Waals surface area contributed by atoms with Crippen LogP contribution in [0, 0.1) is 13.8 Å². The third kappa shape index (κ3) is 2.72. The van der Waals surface area contributed by atoms with Gasteiger partial charge in [-0.2, -0.15) is 14.7 Å². The molecule has 0 spiro atoms. The van der Waals surface area contributed by atoms with E-state index in [0.717, 1.165) is 32.5 Å². The van der Waals surface area contributed by atoms with E-state index in [-0.39, 0.29) is 0 Å². The monoisotopic (exact) mass is 372 g/mol. The second-order valence-corrected chi connectivity index (χ2v) is 7.41. The van der Waals surface area contributed by atoms with Crippen molar-refractivity contribution in [2.24, 2.45) is 0 Å². The third-order valence-electron chi connectivity index (χ3n) is 4.63. The van der Waals surface area contributed by atoms with Crippen LogP contribution in [0.4, 0.5) is 0 Å². The molecule has 3 aromatic heterocycles. The summed E-state index contributed by atoms with van der Waals surface area (Å²) in [4.78, 5) is 0.758. The molecule has 0 unspecified atom stereocenters. The molecule has 0 aliphatic heterocycles. The predicted octanol–water partition coefficient (Wildman–Crippen LogP) is 4.53. The molecule has 0 radical (unpaired) electrons. The standard InChI is InChI=1S/C20H16N6S/c1-12-8-9-15(10-13(12)2)19-25-26-18(23-24-20(26)27-19)17-11-16(21-22-17)14-6-4-3-5-7-14/h3-11H,1-2H3,(H,21,22). The lowest BCUT2D eigenvalue weighted by atomic mass is 10.1. The average molecular weight is 372 g/mol. The van der Waals surface area contributed by atoms with Gasteiger partial charge < -0.3 is 0 Å². The predicted molar refractivity (Wildman–Crippen MR) is 107 cm³/mol. The molecule has 0 aliphatic rings. The van der Waals surface area contributed by atoms with Gasteiger partial charge in [-0.3, -0.25) is 5.10 Å². The first kappa shape index (κ1) is 15.9. The number of hydrogen-bond donors (Lipinski definition) is 1. The second-order valence-electron chi connectivity index (χ2n) is 6.46. The van der Waals surface area contributed by atoms with Crippen molar-refractivity contribution in [1.29, 1.82) is 0 Å². The van der Waals surface area contributed by atoms with Crippen LogP contribution >= 0.6 is 11.3 Å². The Balaban J connectivity index is 1.56. The molecule has 0 fully saturated rings. The smallest absolute Gasteiger partial charge is 0.235 e. The second kappa shape index (κ2) is 6.14. The van der Waals surface area contributed by atoms with Gasteiger partial charge in [-0.25, -0.2) is 0 Å². The Morgan fingerprint density at radius 1 is 0.889 bits per heavy atom. The number of H-pyrrole nitrogens is 1. The summed E-state index contributed by atoms with van der Waals surface area (Å²) >= 11 is 1.53. The number of nitrogens with zero attached hydrogens (tertiary/aromatic N) is 5. The van der Waals surface area contributed by atoms with E-state index in [4.69, 9.17) is 5.10 Å². The Morgan fingerprint density at radius 2 is 1.74 bits per heavy atom. The maximum absolute atomic E-state index is 4.73. The minimum absolute atomic E-state index is 0.658. The average Bonchev–Trinajstić information content (AvgIpc) is 3.40. The number of aromatic amines is 1. The summed E-state index contributed by atoms with van der Waals surface area (Å²) < 4.78 is 1.78. The number of benzene rings is 2. The number of rotatable bonds is 3. The molecule has 0 bridgehead atoms. The van der Waals surface area contributed by atoms with Crippen molar-refractivity contribution >= 4 is 16.3 Å². The van der Waals surface area contributed by atoms with E-state index in [0.29, 0.717) is 5.82 Å². The van der Waals surface area contributed by atoms with E-state index >= 15 is 0 Å². The highest BCUT2D eigenvalue weighted by atomic mass is 32.1. The first-order valence-corrected chi connectivity index (χ1v) is 9.42. The maximum Gasteiger partial charge on any atom is 0.235 e. The Morgan fingerprint density at radius 3 is 2.56 bits per heavy atom. The molecule has 0 atom stereocenters. The van der Waals surface area contributed by atoms with Gasteiger partial charge in [0.15, 0.2) is 0 Å². The molecular weight excluding hydrogens is 356 g/mol. The van der Waals surface area contributed by atoms with Gasteiger partial charge in [-0.15, -0.1) is 10.2 Å². The molecule has 27 heavy (non-hydrogen) atoms. The summed E-state index contributed by atoms with van der Waals surface area (Å²) in [6.07, 6.45) is 0. The van der Waals surface area contributed by atoms with Gasteiger partial charge in [-0.1, -0.05) is 53.8 Å². The molecular formula is C20H16N6S. The summed E-state index contributed by atoms with van der Waals surface area (Å²) in [6.45, 7) is 4.22. The van der Waals surface area contributed by atoms with Gasteiger partial charge in [-0.05, 0) is 37.1 Å². The number of fused-ring (bicyclic) bond motifs is 1. The molecule has 5 rings (SSSR count). The SMILES string of the molecule is Cc1ccc(-c2nn3c(-c4cc(-c5ccccc5)n[nH]4)nnc3s2)cc1C. The van der Waals surface area contributed by atoms with E-state index in [1.54, 1.807) is 4.52 Å². The molecule has 0 saturated carbocycles. The van der Waals surface area contributed by atoms with E-state index < -0.39 is 0 Å². The number of nitrogens with one attached hydrogen (secondary N) is 1. The molecule has 2 aromatic carbocycles. The van der Waals surface area contributed by atoms with Gasteiger partial charge in [0.1, 0.15) is 10.7 Å². The van der Waals surface area contributed by atoms with Crippen molar-refractivity contribution in [3.8, 4) is 33.3 Å². The van der Waals surface area contributed by atoms with Gasteiger partial charge in [0.2, 0.25) is 10.8 Å². The van der Waals surface area contributed by atoms with Crippen molar-refractivity contribution in [3.63, 3.8) is 0 Å². The molecule has 132 valence electrons. The highest BCUT2D eigenvalue weighted by Gasteiger charge is 2.17. The van der Waals surface area contributed by atoms with Crippen LogP contribution in [-0.4, -0.2) is 30.0 Å². The van der Waals surface area contributed by atoms with Crippen LogP contribution in [0.2, 0.25) is 0 Å². The largest absolute Gasteiger partial charge is 0.274 e. The maximum atomic E-state index is 4.73. The van der Waals surface area contributed by atoms with Crippen molar-refractivity contribution < 1.29 is 0 Å². The van der Waals surface area contributed by atoms with Crippen LogP contribution in [0.1, 0.15) is 11.1 Å². The van der Waals surface area contributed by atoms with E-state index in [1.807, 2.05) is 36.4 Å². The van der Waals surface area contributed by atoms with E-state index in [1.165, 1.54) is 22.5 Å². The molecule has 1 N–H and O–H groups in total. The first-order valence-electron chi connectivity index (χ1n) is 8.60. The van der Waals surface area contributed by atoms with Crippen LogP contribution in [0.3, 0.4) is 0 Å². The minimum atomic E-state index is 0.658. The molecule has 7 heteroatoms. The normalized spacial score (nSPS) is 11.3. The molecule has 5 aromatic rings. The van der Waals surface area contributed by atoms with Gasteiger partial charge >= 0.3 is 0 Å². The van der Waals surface area contributed by atoms with Crippen molar-refractivity contribution in [1.82, 2.24) is 30.0 Å². The molecule has 0 saturated heterocycles. The fourth-order valence-corrected chi connectivity index (χ4v) is 3.80. The third-order valence-corrected chi connectivity index (χ3v) is 5.58. The highest BCUT2D eigenvalue weighted by Crippen LogP contribution is 2.29. The molecule has 0 aliphatic carbocycles. The van der Waals surface area contributed by atoms with Crippen LogP contribution in [-0.2, 0) is 0 Å². The van der Waals surface area contributed by atoms with Gasteiger partial charge in [0.25, 0.3) is 0 Å². The van der Waals surface area contributed by atoms with Crippen molar-refractivity contribution in [3.05, 3.63) is 65.7 Å². The van der Waals surface area contributed by atoms with Crippen LogP contribution in [0.15, 0.2) is 54.6 Å². The summed E-state index contributed by atoms with van der Waals surface area (Å²) in [6, 6.07) is 18.4. The minimum Gasteiger partial charge on any atom is -0.274 e. The fraction of sp³-hybridized carbons (Fsp3) is 0.100. The van der Waals surface area contributed by atoms with Crippen molar-refractivity contribution in [2.75, 3.05) is 0 Å². The molecule has 6 nitrogen and oxygen atoms in total. The summed E-state index contributed by atoms with van der Waals surface area (Å²) in [7, 11) is 0. The lowest BCUT2D eigenvalue weighted by molar-refractivity contribution is 0.954. The number of hydrogen-bond acceptors (Lipinski definition) is 5. The number of aromatic nitrogens is 6. The fourth-order valence-electron chi connectivity index (χ4n) is 2.97. The van der Waals surface area contributed by atoms with Crippen molar-refractivity contribution in [2.45, 2.75) is 13.8 Å². The first-order chi connectivity index (χ1) is 13.2. The summed E-state index contributed by atoms with van der Waals surface area (Å²) in [5, 5.41) is 21.7. The number of aryl methyl sites for hydroxylation is 2. The van der Waals surface area contributed by atoms with Gasteiger partial charge in [0, 0.05) is 11.1 Å². The lowest BCUT2D eigenvalue weighted by Gasteiger charge is -2.01. The molecule has 3 heterocycles. The quantitative estimate of drug-likeness (QED) is 0.505. The highest BCUT2D eigenvalue weighted by molar-refractivity contribution is 7.19. The Labute approximate surface area is 159 Å². The zero-order valence-corrected chi connectivity index (χ0v) is 15.7. The topological polar surface area (TPSA) is 71.8 Å². The Bertz CT molecular complexity index is 1250. The Kier molecular flexibility index (Phi) is 3.61. The Hall–Kier alpha value is -3.32. The lowest BCUT2D eigenvalue weighted by Crippen LogP contribution is -1.91. The zero-order chi connectivity index (χ0) is 18.4. The summed E-state index contributed by atoms with van der Waals surface area (Å²) in [5.74, 6) is 0.658. The van der Waals surface area contributed by atoms with Crippen LogP contribution in [0.5, 0.6) is 0 Å². The van der Waals surface area contributed by atoms with Crippen LogP contribution < -0.4 is 0 Å². The zero-order valence-electron chi connectivity index (χ0n) is 14.8. The molecule has 0 amide bonds. The summed E-state index contributed by atoms with van der Waals surface area (Å²) in [5.41, 5.74) is 6.32. The van der Waals surface area contributed by atoms with Crippen LogP contribution in [0.25, 0.3) is 38.3 Å². The van der Waals surface area contributed by atoms with E-state index in [2.05, 4.69) is 52.4 Å². The van der Waals surface area contributed by atoms with E-state index in [9.17, 15) is 0 Å². The van der Waals surface area contributed by atoms with Gasteiger partial charge in [0.05, 0.1) is 5.69 Å².